The summed E-state index contributed by atoms with van der Waals surface area (Å²) in [6, 6.07) is 5.95. The first-order chi connectivity index (χ1) is 9.11. The molecule has 1 aromatic rings. The van der Waals surface area contributed by atoms with Gasteiger partial charge in [0.1, 0.15) is 0 Å². The van der Waals surface area contributed by atoms with Crippen molar-refractivity contribution in [1.29, 1.82) is 0 Å². The Bertz CT molecular complexity index is 459. The summed E-state index contributed by atoms with van der Waals surface area (Å²) in [5.74, 6) is 0.801. The molecule has 0 aliphatic carbocycles. The number of benzene rings is 1. The molecule has 1 aromatic carbocycles. The molecule has 2 nitrogen and oxygen atoms in total. The number of piperidine rings is 1. The van der Waals surface area contributed by atoms with Crippen LogP contribution in [0.1, 0.15) is 35.2 Å². The van der Waals surface area contributed by atoms with Crippen LogP contribution >= 0.6 is 31.9 Å². The average Bonchev–Trinajstić information content (AvgIpc) is 2.41. The van der Waals surface area contributed by atoms with E-state index in [1.807, 2.05) is 30.0 Å². The van der Waals surface area contributed by atoms with E-state index in [1.54, 1.807) is 0 Å². The fourth-order valence-corrected chi connectivity index (χ4v) is 3.68. The normalized spacial score (nSPS) is 19.5. The molecule has 0 radical (unpaired) electrons. The van der Waals surface area contributed by atoms with Crippen LogP contribution in [0.4, 0.5) is 0 Å². The molecular formula is C15H19Br2NO. The van der Waals surface area contributed by atoms with Gasteiger partial charge >= 0.3 is 0 Å². The highest BCUT2D eigenvalue weighted by Crippen LogP contribution is 2.25. The smallest absolute Gasteiger partial charge is 0.255 e. The van der Waals surface area contributed by atoms with Crippen molar-refractivity contribution in [3.63, 3.8) is 0 Å². The van der Waals surface area contributed by atoms with Crippen molar-refractivity contribution in [3.8, 4) is 0 Å². The van der Waals surface area contributed by atoms with Crippen LogP contribution in [-0.4, -0.2) is 29.2 Å². The Balaban J connectivity index is 2.12. The van der Waals surface area contributed by atoms with Crippen LogP contribution in [-0.2, 0) is 0 Å². The molecule has 1 heterocycles. The Hall–Kier alpha value is -0.350. The van der Waals surface area contributed by atoms with E-state index in [9.17, 15) is 4.79 Å². The van der Waals surface area contributed by atoms with Crippen molar-refractivity contribution in [2.24, 2.45) is 5.92 Å². The van der Waals surface area contributed by atoms with E-state index in [0.717, 1.165) is 46.9 Å². The molecular weight excluding hydrogens is 370 g/mol. The summed E-state index contributed by atoms with van der Waals surface area (Å²) in [7, 11) is 0. The number of halogens is 2. The Morgan fingerprint density at radius 1 is 1.47 bits per heavy atom. The molecule has 1 unspecified atom stereocenters. The van der Waals surface area contributed by atoms with Gasteiger partial charge in [0, 0.05) is 22.9 Å². The van der Waals surface area contributed by atoms with Crippen molar-refractivity contribution < 1.29 is 4.79 Å². The summed E-state index contributed by atoms with van der Waals surface area (Å²) in [5, 5.41) is 1.02. The van der Waals surface area contributed by atoms with E-state index >= 15 is 0 Å². The van der Waals surface area contributed by atoms with Crippen molar-refractivity contribution >= 4 is 37.8 Å². The number of hydrogen-bond donors (Lipinski definition) is 0. The van der Waals surface area contributed by atoms with Gasteiger partial charge in [0.15, 0.2) is 0 Å². The maximum Gasteiger partial charge on any atom is 0.255 e. The number of alkyl halides is 1. The first-order valence-electron chi connectivity index (χ1n) is 6.73. The second kappa shape index (κ2) is 6.89. The monoisotopic (exact) mass is 387 g/mol. The number of carbonyl (C=O) groups is 1. The predicted molar refractivity (Wildman–Crippen MR) is 85.9 cm³/mol. The molecule has 19 heavy (non-hydrogen) atoms. The third-order valence-corrected chi connectivity index (χ3v) is 4.83. The molecule has 104 valence electrons. The van der Waals surface area contributed by atoms with Gasteiger partial charge in [0.05, 0.1) is 5.56 Å². The quantitative estimate of drug-likeness (QED) is 0.703. The molecule has 1 atom stereocenters. The van der Waals surface area contributed by atoms with E-state index < -0.39 is 0 Å². The lowest BCUT2D eigenvalue weighted by Gasteiger charge is -2.33. The topological polar surface area (TPSA) is 20.3 Å². The third-order valence-electron chi connectivity index (χ3n) is 3.68. The minimum Gasteiger partial charge on any atom is -0.338 e. The van der Waals surface area contributed by atoms with Crippen molar-refractivity contribution in [2.75, 3.05) is 18.4 Å². The summed E-state index contributed by atoms with van der Waals surface area (Å²) < 4.78 is 0.894. The Labute approximate surface area is 131 Å². The number of nitrogens with zero attached hydrogens (tertiary/aromatic N) is 1. The Kier molecular flexibility index (Phi) is 5.46. The number of amides is 1. The van der Waals surface area contributed by atoms with Crippen molar-refractivity contribution in [3.05, 3.63) is 33.8 Å². The summed E-state index contributed by atoms with van der Waals surface area (Å²) in [6.07, 6.45) is 3.51. The van der Waals surface area contributed by atoms with E-state index in [0.29, 0.717) is 5.92 Å². The highest BCUT2D eigenvalue weighted by atomic mass is 79.9. The van der Waals surface area contributed by atoms with Gasteiger partial charge in [0.2, 0.25) is 0 Å². The minimum atomic E-state index is 0.162. The zero-order valence-corrected chi connectivity index (χ0v) is 14.3. The first-order valence-corrected chi connectivity index (χ1v) is 8.64. The summed E-state index contributed by atoms with van der Waals surface area (Å²) >= 11 is 6.99. The van der Waals surface area contributed by atoms with Gasteiger partial charge in [-0.15, -0.1) is 0 Å². The van der Waals surface area contributed by atoms with E-state index in [1.165, 1.54) is 6.42 Å². The molecule has 4 heteroatoms. The minimum absolute atomic E-state index is 0.162. The van der Waals surface area contributed by atoms with Crippen LogP contribution in [0.25, 0.3) is 0 Å². The second-order valence-electron chi connectivity index (χ2n) is 5.22. The number of hydrogen-bond acceptors (Lipinski definition) is 1. The van der Waals surface area contributed by atoms with Gasteiger partial charge in [-0.2, -0.15) is 0 Å². The van der Waals surface area contributed by atoms with Crippen LogP contribution in [0.2, 0.25) is 0 Å². The van der Waals surface area contributed by atoms with Crippen LogP contribution in [0.3, 0.4) is 0 Å². The average molecular weight is 389 g/mol. The fraction of sp³-hybridized carbons (Fsp3) is 0.533. The molecule has 0 saturated carbocycles. The van der Waals surface area contributed by atoms with Crippen LogP contribution < -0.4 is 0 Å². The van der Waals surface area contributed by atoms with E-state index in [2.05, 4.69) is 31.9 Å². The number of likely N-dealkylation sites (tertiary alicyclic amines) is 1. The lowest BCUT2D eigenvalue weighted by Crippen LogP contribution is -2.40. The maximum absolute atomic E-state index is 12.6. The molecule has 2 rings (SSSR count). The molecule has 1 amide bonds. The van der Waals surface area contributed by atoms with Gasteiger partial charge < -0.3 is 4.90 Å². The molecule has 1 fully saturated rings. The molecule has 0 aromatic heterocycles. The Morgan fingerprint density at radius 2 is 2.26 bits per heavy atom. The SMILES string of the molecule is Cc1ccc(Br)c(C(=O)N2CCCC(CCBr)C2)c1. The number of rotatable bonds is 3. The predicted octanol–water partition coefficient (Wildman–Crippen LogP) is 4.39. The molecule has 1 aliphatic rings. The van der Waals surface area contributed by atoms with E-state index in [4.69, 9.17) is 0 Å². The van der Waals surface area contributed by atoms with Gasteiger partial charge in [0.25, 0.3) is 5.91 Å². The number of aryl methyl sites for hydroxylation is 1. The van der Waals surface area contributed by atoms with Gasteiger partial charge in [-0.3, -0.25) is 4.79 Å². The van der Waals surface area contributed by atoms with Crippen LogP contribution in [0.5, 0.6) is 0 Å². The third kappa shape index (κ3) is 3.82. The van der Waals surface area contributed by atoms with E-state index in [-0.39, 0.29) is 5.91 Å². The van der Waals surface area contributed by atoms with Gasteiger partial charge in [-0.1, -0.05) is 27.6 Å². The first kappa shape index (κ1) is 15.0. The largest absolute Gasteiger partial charge is 0.338 e. The fourth-order valence-electron chi connectivity index (χ4n) is 2.61. The van der Waals surface area contributed by atoms with Gasteiger partial charge in [-0.05, 0) is 60.2 Å². The zero-order valence-electron chi connectivity index (χ0n) is 11.2. The Morgan fingerprint density at radius 3 is 3.00 bits per heavy atom. The lowest BCUT2D eigenvalue weighted by molar-refractivity contribution is 0.0671. The summed E-state index contributed by atoms with van der Waals surface area (Å²) in [5.41, 5.74) is 1.92. The highest BCUT2D eigenvalue weighted by molar-refractivity contribution is 9.10. The lowest BCUT2D eigenvalue weighted by atomic mass is 9.95. The number of carbonyl (C=O) groups excluding carboxylic acids is 1. The maximum atomic E-state index is 12.6. The van der Waals surface area contributed by atoms with Crippen LogP contribution in [0, 0.1) is 12.8 Å². The molecule has 1 aliphatic heterocycles. The second-order valence-corrected chi connectivity index (χ2v) is 6.87. The summed E-state index contributed by atoms with van der Waals surface area (Å²) in [6.45, 7) is 3.80. The van der Waals surface area contributed by atoms with Gasteiger partial charge in [-0.25, -0.2) is 0 Å². The van der Waals surface area contributed by atoms with Crippen LogP contribution in [0.15, 0.2) is 22.7 Å². The molecule has 0 bridgehead atoms. The molecule has 0 spiro atoms. The van der Waals surface area contributed by atoms with Crippen molar-refractivity contribution in [1.82, 2.24) is 4.90 Å². The zero-order chi connectivity index (χ0) is 13.8. The molecule has 0 N–H and O–H groups in total. The summed E-state index contributed by atoms with van der Waals surface area (Å²) in [4.78, 5) is 14.6. The van der Waals surface area contributed by atoms with Crippen molar-refractivity contribution in [2.45, 2.75) is 26.2 Å². The standard InChI is InChI=1S/C15H19Br2NO/c1-11-4-5-14(17)13(9-11)15(19)18-8-2-3-12(10-18)6-7-16/h4-5,9,12H,2-3,6-8,10H2,1H3. The molecule has 1 saturated heterocycles. The highest BCUT2D eigenvalue weighted by Gasteiger charge is 2.25.